The summed E-state index contributed by atoms with van der Waals surface area (Å²) in [5, 5.41) is 9.12. The maximum atomic E-state index is 13.3. The highest BCUT2D eigenvalue weighted by atomic mass is 35.5. The molecule has 0 spiro atoms. The Morgan fingerprint density at radius 3 is 2.43 bits per heavy atom. The number of rotatable bonds is 12. The van der Waals surface area contributed by atoms with Gasteiger partial charge in [-0.1, -0.05) is 11.6 Å². The molecule has 0 saturated carbocycles. The number of anilines is 4. The van der Waals surface area contributed by atoms with Crippen molar-refractivity contribution < 1.29 is 33.4 Å². The number of hydrogen-bond acceptors (Lipinski definition) is 14. The number of fused-ring (bicyclic) bond motifs is 2. The first-order chi connectivity index (χ1) is 29.5. The van der Waals surface area contributed by atoms with Crippen LogP contribution in [-0.2, 0) is 25.7 Å². The van der Waals surface area contributed by atoms with Gasteiger partial charge in [0.25, 0.3) is 23.3 Å². The number of piperidine rings is 2. The minimum absolute atomic E-state index is 0.0808. The summed E-state index contributed by atoms with van der Waals surface area (Å²) in [5.41, 5.74) is 2.53. The number of imide groups is 2. The third-order valence-corrected chi connectivity index (χ3v) is 12.4. The summed E-state index contributed by atoms with van der Waals surface area (Å²) < 4.78 is 13.7. The number of likely N-dealkylation sites (N-methyl/N-ethyl adjacent to an activating group) is 1. The molecule has 0 radical (unpaired) electrons. The molecule has 1 atom stereocenters. The van der Waals surface area contributed by atoms with E-state index in [4.69, 9.17) is 26.1 Å². The van der Waals surface area contributed by atoms with Crippen LogP contribution in [-0.4, -0.2) is 131 Å². The molecule has 5 amide bonds. The molecule has 3 N–H and O–H groups in total. The van der Waals surface area contributed by atoms with Gasteiger partial charge in [-0.05, 0) is 68.7 Å². The van der Waals surface area contributed by atoms with Gasteiger partial charge in [0.05, 0.1) is 35.0 Å². The van der Waals surface area contributed by atoms with Crippen LogP contribution < -0.4 is 36.0 Å². The predicted octanol–water partition coefficient (Wildman–Crippen LogP) is 2.29. The first kappa shape index (κ1) is 40.3. The molecule has 4 fully saturated rings. The standard InChI is InChI=1S/C42H45ClN10O8/c1-3-52-32-7-4-24(14-23(32)15-34(41(52)59)60-22-36(55)44-2)46-37-31(43)17-45-42(48-37)49-12-10-27(11-13-49)61-28-20-51(21-28)26-18-50(19-26)25-5-6-29-30(16-25)40(58)53(39(29)57)33-8-9-35(54)47-38(33)56/h4-7,14-17,26-28,33H,3,8-13,18-22H2,1-2H3,(H,44,55)(H,45,46,48)(H,47,54,56). The second-order valence-electron chi connectivity index (χ2n) is 15.9. The van der Waals surface area contributed by atoms with E-state index in [9.17, 15) is 28.8 Å². The number of nitrogens with one attached hydrogen (secondary N) is 3. The van der Waals surface area contributed by atoms with Gasteiger partial charge in [0.1, 0.15) is 11.1 Å². The number of benzene rings is 2. The lowest BCUT2D eigenvalue weighted by Crippen LogP contribution is -2.67. The fraction of sp³-hybridized carbons (Fsp3) is 0.429. The Kier molecular flexibility index (Phi) is 10.8. The number of aromatic nitrogens is 3. The molecule has 2 aromatic carbocycles. The highest BCUT2D eigenvalue weighted by molar-refractivity contribution is 6.33. The van der Waals surface area contributed by atoms with Gasteiger partial charge < -0.3 is 34.5 Å². The first-order valence-electron chi connectivity index (χ1n) is 20.5. The Bertz CT molecular complexity index is 2510. The third kappa shape index (κ3) is 7.74. The number of likely N-dealkylation sites (tertiary alicyclic amines) is 1. The Morgan fingerprint density at radius 2 is 1.69 bits per heavy atom. The number of hydrogen-bond donors (Lipinski definition) is 3. The summed E-state index contributed by atoms with van der Waals surface area (Å²) >= 11 is 6.56. The monoisotopic (exact) mass is 852 g/mol. The molecular weight excluding hydrogens is 808 g/mol. The average Bonchev–Trinajstić information content (AvgIpc) is 3.47. The Hall–Kier alpha value is -6.11. The van der Waals surface area contributed by atoms with Crippen molar-refractivity contribution in [3.8, 4) is 5.75 Å². The third-order valence-electron chi connectivity index (χ3n) is 12.2. The van der Waals surface area contributed by atoms with Crippen LogP contribution in [0.25, 0.3) is 10.9 Å². The maximum Gasteiger partial charge on any atom is 0.293 e. The van der Waals surface area contributed by atoms with E-state index in [1.54, 1.807) is 29.0 Å². The number of amides is 5. The van der Waals surface area contributed by atoms with Gasteiger partial charge >= 0.3 is 0 Å². The Balaban J connectivity index is 0.746. The van der Waals surface area contributed by atoms with Gasteiger partial charge in [0, 0.05) is 82.1 Å². The highest BCUT2D eigenvalue weighted by Crippen LogP contribution is 2.35. The molecule has 4 aromatic rings. The molecule has 2 aromatic heterocycles. The zero-order chi connectivity index (χ0) is 42.5. The van der Waals surface area contributed by atoms with E-state index in [0.29, 0.717) is 35.1 Å². The van der Waals surface area contributed by atoms with Crippen molar-refractivity contribution in [1.82, 2.24) is 35.0 Å². The van der Waals surface area contributed by atoms with E-state index in [1.807, 2.05) is 31.2 Å². The van der Waals surface area contributed by atoms with Crippen molar-refractivity contribution in [2.24, 2.45) is 0 Å². The zero-order valence-electron chi connectivity index (χ0n) is 33.7. The minimum Gasteiger partial charge on any atom is -0.478 e. The van der Waals surface area contributed by atoms with Crippen molar-refractivity contribution in [3.05, 3.63) is 75.2 Å². The normalized spacial score (nSPS) is 20.1. The second-order valence-corrected chi connectivity index (χ2v) is 16.3. The molecule has 0 bridgehead atoms. The van der Waals surface area contributed by atoms with E-state index in [0.717, 1.165) is 73.6 Å². The topological polar surface area (TPSA) is 201 Å². The van der Waals surface area contributed by atoms with Crippen LogP contribution >= 0.6 is 11.6 Å². The summed E-state index contributed by atoms with van der Waals surface area (Å²) in [6, 6.07) is 11.8. The summed E-state index contributed by atoms with van der Waals surface area (Å²) in [6.45, 7) is 6.76. The van der Waals surface area contributed by atoms with Gasteiger partial charge in [-0.2, -0.15) is 4.98 Å². The molecule has 318 valence electrons. The van der Waals surface area contributed by atoms with Crippen molar-refractivity contribution in [1.29, 1.82) is 0 Å². The summed E-state index contributed by atoms with van der Waals surface area (Å²) in [4.78, 5) is 92.2. The van der Waals surface area contributed by atoms with E-state index in [-0.39, 0.29) is 60.0 Å². The summed E-state index contributed by atoms with van der Waals surface area (Å²) in [6.07, 6.45) is 3.73. The molecule has 4 saturated heterocycles. The number of carbonyl (C=O) groups excluding carboxylic acids is 5. The van der Waals surface area contributed by atoms with E-state index in [2.05, 4.69) is 35.6 Å². The molecule has 7 heterocycles. The van der Waals surface area contributed by atoms with Crippen molar-refractivity contribution >= 4 is 75.2 Å². The van der Waals surface area contributed by atoms with Gasteiger partial charge in [0.15, 0.2) is 18.2 Å². The fourth-order valence-corrected chi connectivity index (χ4v) is 8.82. The van der Waals surface area contributed by atoms with Gasteiger partial charge in [-0.3, -0.25) is 43.9 Å². The molecule has 0 aliphatic carbocycles. The van der Waals surface area contributed by atoms with Crippen molar-refractivity contribution in [3.63, 3.8) is 0 Å². The molecule has 19 heteroatoms. The molecule has 9 rings (SSSR count). The number of carbonyl (C=O) groups is 5. The smallest absolute Gasteiger partial charge is 0.293 e. The lowest BCUT2D eigenvalue weighted by atomic mass is 9.98. The summed E-state index contributed by atoms with van der Waals surface area (Å²) in [5.74, 6) is -1.27. The largest absolute Gasteiger partial charge is 0.478 e. The fourth-order valence-electron chi connectivity index (χ4n) is 8.68. The van der Waals surface area contributed by atoms with Gasteiger partial charge in [0.2, 0.25) is 17.8 Å². The van der Waals surface area contributed by atoms with Crippen LogP contribution in [0.5, 0.6) is 5.75 Å². The van der Waals surface area contributed by atoms with E-state index in [1.165, 1.54) is 7.05 Å². The van der Waals surface area contributed by atoms with Crippen LogP contribution in [0.1, 0.15) is 53.3 Å². The number of pyridine rings is 1. The molecule has 1 unspecified atom stereocenters. The lowest BCUT2D eigenvalue weighted by Gasteiger charge is -2.53. The second kappa shape index (κ2) is 16.4. The van der Waals surface area contributed by atoms with E-state index < -0.39 is 29.7 Å². The van der Waals surface area contributed by atoms with Gasteiger partial charge in [-0.25, -0.2) is 4.98 Å². The number of aryl methyl sites for hydroxylation is 1. The predicted molar refractivity (Wildman–Crippen MR) is 225 cm³/mol. The molecule has 18 nitrogen and oxygen atoms in total. The number of halogens is 1. The van der Waals surface area contributed by atoms with Crippen LogP contribution in [0.3, 0.4) is 0 Å². The zero-order valence-corrected chi connectivity index (χ0v) is 34.4. The number of nitrogens with zero attached hydrogens (tertiary/aromatic N) is 7. The Labute approximate surface area is 355 Å². The quantitative estimate of drug-likeness (QED) is 0.175. The lowest BCUT2D eigenvalue weighted by molar-refractivity contribution is -0.136. The van der Waals surface area contributed by atoms with Crippen molar-refractivity contribution in [2.75, 3.05) is 68.0 Å². The summed E-state index contributed by atoms with van der Waals surface area (Å²) in [7, 11) is 1.50. The van der Waals surface area contributed by atoms with Crippen molar-refractivity contribution in [2.45, 2.75) is 63.4 Å². The number of ether oxygens (including phenoxy) is 2. The van der Waals surface area contributed by atoms with Crippen LogP contribution in [0.4, 0.5) is 23.1 Å². The average molecular weight is 853 g/mol. The Morgan fingerprint density at radius 1 is 0.918 bits per heavy atom. The van der Waals surface area contributed by atoms with Crippen LogP contribution in [0, 0.1) is 0 Å². The molecular formula is C42H45ClN10O8. The maximum absolute atomic E-state index is 13.3. The van der Waals surface area contributed by atoms with E-state index >= 15 is 0 Å². The molecule has 5 aliphatic rings. The minimum atomic E-state index is -0.986. The molecule has 5 aliphatic heterocycles. The highest BCUT2D eigenvalue weighted by Gasteiger charge is 2.46. The first-order valence-corrected chi connectivity index (χ1v) is 20.9. The van der Waals surface area contributed by atoms with Crippen LogP contribution in [0.15, 0.2) is 53.5 Å². The molecule has 61 heavy (non-hydrogen) atoms. The van der Waals surface area contributed by atoms with Gasteiger partial charge in [-0.15, -0.1) is 0 Å². The SMILES string of the molecule is CCn1c(=O)c(OCC(=O)NC)cc2cc(Nc3nc(N4CCC(OC5CN(C6CN(c7ccc8c(c7)C(=O)N(C7CCC(=O)NC7=O)C8=O)C6)C5)CC4)ncc3Cl)ccc21. The van der Waals surface area contributed by atoms with Crippen LogP contribution in [0.2, 0.25) is 5.02 Å².